The van der Waals surface area contributed by atoms with Gasteiger partial charge < -0.3 is 25.0 Å². The SMILES string of the molecule is CCN(CC)c1ncc(-c2c(C)nsc2C)c(N[C@@H](Cc2ccc(-c3c(OC)nc(C)[nH]c3=O)cc2)C(=O)O)n1. The van der Waals surface area contributed by atoms with Gasteiger partial charge in [-0.3, -0.25) is 4.79 Å². The highest BCUT2D eigenvalue weighted by Gasteiger charge is 2.24. The van der Waals surface area contributed by atoms with Crippen molar-refractivity contribution in [1.82, 2.24) is 24.3 Å². The van der Waals surface area contributed by atoms with Crippen molar-refractivity contribution in [3.63, 3.8) is 0 Å². The summed E-state index contributed by atoms with van der Waals surface area (Å²) < 4.78 is 9.77. The molecular weight excluding hydrogens is 530 g/mol. The molecule has 0 saturated carbocycles. The van der Waals surface area contributed by atoms with Gasteiger partial charge in [-0.05, 0) is 57.3 Å². The number of methoxy groups -OCH3 is 1. The van der Waals surface area contributed by atoms with E-state index in [1.54, 1.807) is 37.4 Å². The Balaban J connectivity index is 1.67. The molecule has 0 fully saturated rings. The fraction of sp³-hybridized carbons (Fsp3) is 0.357. The standard InChI is InChI=1S/C28H33N7O4S/c1-7-35(8-2)28-29-14-20(22-15(3)34-40-16(22)4)24(33-28)32-21(27(37)38)13-18-9-11-19(12-10-18)23-25(36)30-17(5)31-26(23)39-6/h9-12,14,21H,7-8,13H2,1-6H3,(H,37,38)(H,29,32,33)(H,30,31,36)/t21-/m0/s1. The van der Waals surface area contributed by atoms with Crippen molar-refractivity contribution >= 4 is 29.3 Å². The minimum atomic E-state index is -1.02. The number of rotatable bonds is 11. The largest absolute Gasteiger partial charge is 0.480 e. The molecule has 0 radical (unpaired) electrons. The third-order valence-corrected chi connectivity index (χ3v) is 7.46. The number of nitrogens with zero attached hydrogens (tertiary/aromatic N) is 5. The van der Waals surface area contributed by atoms with Gasteiger partial charge in [0.05, 0.1) is 12.8 Å². The van der Waals surface area contributed by atoms with Crippen LogP contribution in [0.2, 0.25) is 0 Å². The maximum absolute atomic E-state index is 12.6. The lowest BCUT2D eigenvalue weighted by atomic mass is 10.0. The number of nitrogens with one attached hydrogen (secondary N) is 2. The highest BCUT2D eigenvalue weighted by Crippen LogP contribution is 2.35. The first-order valence-corrected chi connectivity index (χ1v) is 13.7. The van der Waals surface area contributed by atoms with Gasteiger partial charge in [0.1, 0.15) is 23.2 Å². The van der Waals surface area contributed by atoms with Crippen LogP contribution >= 0.6 is 11.5 Å². The number of aliphatic carboxylic acids is 1. The Morgan fingerprint density at radius 1 is 1.12 bits per heavy atom. The van der Waals surface area contributed by atoms with Crippen LogP contribution in [0.5, 0.6) is 5.88 Å². The number of ether oxygens (including phenoxy) is 1. The highest BCUT2D eigenvalue weighted by atomic mass is 32.1. The molecule has 0 aliphatic rings. The molecule has 12 heteroatoms. The van der Waals surface area contributed by atoms with Gasteiger partial charge in [-0.25, -0.2) is 9.78 Å². The molecule has 210 valence electrons. The van der Waals surface area contributed by atoms with Crippen LogP contribution < -0.4 is 20.5 Å². The van der Waals surface area contributed by atoms with Crippen LogP contribution in [0, 0.1) is 20.8 Å². The van der Waals surface area contributed by atoms with Gasteiger partial charge in [-0.2, -0.15) is 14.3 Å². The predicted octanol–water partition coefficient (Wildman–Crippen LogP) is 4.24. The molecular formula is C28H33N7O4S. The van der Waals surface area contributed by atoms with Crippen LogP contribution in [0.4, 0.5) is 11.8 Å². The van der Waals surface area contributed by atoms with Gasteiger partial charge in [-0.15, -0.1) is 0 Å². The Kier molecular flexibility index (Phi) is 8.78. The lowest BCUT2D eigenvalue weighted by molar-refractivity contribution is -0.137. The Bertz CT molecular complexity index is 1540. The van der Waals surface area contributed by atoms with Crippen molar-refractivity contribution in [3.8, 4) is 28.1 Å². The summed E-state index contributed by atoms with van der Waals surface area (Å²) in [6.07, 6.45) is 1.92. The first kappa shape index (κ1) is 28.7. The van der Waals surface area contributed by atoms with E-state index in [-0.39, 0.29) is 17.9 Å². The van der Waals surface area contributed by atoms with Crippen molar-refractivity contribution in [2.24, 2.45) is 0 Å². The van der Waals surface area contributed by atoms with Gasteiger partial charge >= 0.3 is 5.97 Å². The van der Waals surface area contributed by atoms with Gasteiger partial charge in [0.15, 0.2) is 0 Å². The van der Waals surface area contributed by atoms with E-state index in [1.807, 2.05) is 32.6 Å². The topological polar surface area (TPSA) is 146 Å². The lowest BCUT2D eigenvalue weighted by Gasteiger charge is -2.22. The molecule has 0 aliphatic heterocycles. The molecule has 40 heavy (non-hydrogen) atoms. The van der Waals surface area contributed by atoms with Crippen LogP contribution in [-0.2, 0) is 11.2 Å². The van der Waals surface area contributed by atoms with Gasteiger partial charge in [0, 0.05) is 41.7 Å². The van der Waals surface area contributed by atoms with Crippen molar-refractivity contribution in [2.75, 3.05) is 30.4 Å². The van der Waals surface area contributed by atoms with E-state index in [4.69, 9.17) is 9.72 Å². The Morgan fingerprint density at radius 3 is 2.40 bits per heavy atom. The molecule has 0 saturated heterocycles. The number of aryl methyl sites for hydroxylation is 3. The molecule has 0 aliphatic carbocycles. The number of H-pyrrole nitrogens is 1. The molecule has 3 aromatic heterocycles. The van der Waals surface area contributed by atoms with E-state index in [2.05, 4.69) is 24.6 Å². The summed E-state index contributed by atoms with van der Waals surface area (Å²) in [5, 5.41) is 13.3. The van der Waals surface area contributed by atoms with Crippen LogP contribution in [-0.4, -0.2) is 61.6 Å². The van der Waals surface area contributed by atoms with E-state index in [9.17, 15) is 14.7 Å². The van der Waals surface area contributed by atoms with Crippen molar-refractivity contribution in [2.45, 2.75) is 47.1 Å². The van der Waals surface area contributed by atoms with Crippen molar-refractivity contribution in [3.05, 3.63) is 62.8 Å². The fourth-order valence-electron chi connectivity index (χ4n) is 4.56. The van der Waals surface area contributed by atoms with E-state index in [1.165, 1.54) is 18.6 Å². The van der Waals surface area contributed by atoms with Crippen LogP contribution in [0.3, 0.4) is 0 Å². The second-order valence-electron chi connectivity index (χ2n) is 9.28. The van der Waals surface area contributed by atoms with Gasteiger partial charge in [0.25, 0.3) is 5.56 Å². The first-order valence-electron chi connectivity index (χ1n) is 13.0. The predicted molar refractivity (Wildman–Crippen MR) is 157 cm³/mol. The van der Waals surface area contributed by atoms with Crippen molar-refractivity contribution in [1.29, 1.82) is 0 Å². The van der Waals surface area contributed by atoms with Gasteiger partial charge in [0.2, 0.25) is 11.8 Å². The molecule has 1 aromatic carbocycles. The number of anilines is 2. The third-order valence-electron chi connectivity index (χ3n) is 6.61. The molecule has 3 heterocycles. The molecule has 0 unspecified atom stereocenters. The maximum atomic E-state index is 12.6. The molecule has 11 nitrogen and oxygen atoms in total. The summed E-state index contributed by atoms with van der Waals surface area (Å²) in [5.74, 6) is 0.626. The minimum absolute atomic E-state index is 0.180. The summed E-state index contributed by atoms with van der Waals surface area (Å²) in [6, 6.07) is 6.14. The number of hydrogen-bond donors (Lipinski definition) is 3. The molecule has 0 spiro atoms. The van der Waals surface area contributed by atoms with Crippen LogP contribution in [0.15, 0.2) is 35.3 Å². The highest BCUT2D eigenvalue weighted by molar-refractivity contribution is 7.06. The van der Waals surface area contributed by atoms with Gasteiger partial charge in [-0.1, -0.05) is 24.3 Å². The number of carbonyl (C=O) groups is 1. The normalized spacial score (nSPS) is 11.8. The summed E-state index contributed by atoms with van der Waals surface area (Å²) >= 11 is 1.39. The smallest absolute Gasteiger partial charge is 0.326 e. The number of carboxylic acids is 1. The molecule has 0 bridgehead atoms. The molecule has 1 atom stereocenters. The second-order valence-corrected chi connectivity index (χ2v) is 10.3. The molecule has 4 rings (SSSR count). The molecule has 0 amide bonds. The maximum Gasteiger partial charge on any atom is 0.326 e. The van der Waals surface area contributed by atoms with E-state index < -0.39 is 12.0 Å². The summed E-state index contributed by atoms with van der Waals surface area (Å²) in [4.78, 5) is 44.3. The number of aromatic nitrogens is 5. The monoisotopic (exact) mass is 563 g/mol. The number of benzene rings is 1. The zero-order chi connectivity index (χ0) is 29.0. The first-order chi connectivity index (χ1) is 19.2. The summed E-state index contributed by atoms with van der Waals surface area (Å²) in [5.41, 5.74) is 3.84. The Morgan fingerprint density at radius 2 is 1.82 bits per heavy atom. The average molecular weight is 564 g/mol. The minimum Gasteiger partial charge on any atom is -0.480 e. The quantitative estimate of drug-likeness (QED) is 0.242. The zero-order valence-electron chi connectivity index (χ0n) is 23.4. The average Bonchev–Trinajstić information content (AvgIpc) is 3.26. The zero-order valence-corrected chi connectivity index (χ0v) is 24.2. The summed E-state index contributed by atoms with van der Waals surface area (Å²) in [7, 11) is 1.46. The molecule has 4 aromatic rings. The van der Waals surface area contributed by atoms with E-state index >= 15 is 0 Å². The van der Waals surface area contributed by atoms with Crippen molar-refractivity contribution < 1.29 is 14.6 Å². The lowest BCUT2D eigenvalue weighted by Crippen LogP contribution is -2.33. The third kappa shape index (κ3) is 5.96. The Labute approximate surface area is 236 Å². The fourth-order valence-corrected chi connectivity index (χ4v) is 5.28. The van der Waals surface area contributed by atoms with Crippen LogP contribution in [0.25, 0.3) is 22.3 Å². The number of aromatic amines is 1. The van der Waals surface area contributed by atoms with E-state index in [0.29, 0.717) is 47.4 Å². The summed E-state index contributed by atoms with van der Waals surface area (Å²) in [6.45, 7) is 11.0. The number of hydrogen-bond acceptors (Lipinski definition) is 10. The molecule has 3 N–H and O–H groups in total. The van der Waals surface area contributed by atoms with Crippen LogP contribution in [0.1, 0.15) is 35.8 Å². The Hall–Kier alpha value is -4.32. The second kappa shape index (κ2) is 12.2. The number of carboxylic acid groups (broad SMARTS) is 1. The van der Waals surface area contributed by atoms with E-state index in [0.717, 1.165) is 21.7 Å².